The van der Waals surface area contributed by atoms with Gasteiger partial charge in [0, 0.05) is 31.3 Å². The molecule has 0 saturated heterocycles. The van der Waals surface area contributed by atoms with Crippen molar-refractivity contribution < 1.29 is 19.5 Å². The van der Waals surface area contributed by atoms with Crippen molar-refractivity contribution in [1.29, 1.82) is 0 Å². The molecule has 0 aliphatic heterocycles. The third-order valence-corrected chi connectivity index (χ3v) is 3.78. The minimum absolute atomic E-state index is 0.0360. The molecule has 21 heavy (non-hydrogen) atoms. The van der Waals surface area contributed by atoms with Gasteiger partial charge in [0.05, 0.1) is 0 Å². The zero-order chi connectivity index (χ0) is 15.8. The second-order valence-corrected chi connectivity index (χ2v) is 6.10. The third-order valence-electron chi connectivity index (χ3n) is 3.78. The number of carbonyl (C=O) groups is 3. The number of carboxylic acids is 1. The predicted octanol–water partition coefficient (Wildman–Crippen LogP) is 1.30. The van der Waals surface area contributed by atoms with E-state index in [1.807, 2.05) is 6.92 Å². The molecule has 6 heteroatoms. The van der Waals surface area contributed by atoms with Crippen LogP contribution in [-0.4, -0.2) is 35.5 Å². The Morgan fingerprint density at radius 2 is 1.76 bits per heavy atom. The molecule has 1 aliphatic carbocycles. The SMILES string of the molecule is CC(CNC(=O)CC(C)NC(=O)C1CCCC1)CC(=O)O. The summed E-state index contributed by atoms with van der Waals surface area (Å²) in [6, 6.07) is -0.201. The van der Waals surface area contributed by atoms with Crippen LogP contribution in [0.1, 0.15) is 52.4 Å². The van der Waals surface area contributed by atoms with E-state index in [2.05, 4.69) is 10.6 Å². The van der Waals surface area contributed by atoms with Crippen molar-refractivity contribution in [3.8, 4) is 0 Å². The van der Waals surface area contributed by atoms with Gasteiger partial charge in [-0.15, -0.1) is 0 Å². The van der Waals surface area contributed by atoms with Crippen LogP contribution < -0.4 is 10.6 Å². The standard InChI is InChI=1S/C15H26N2O4/c1-10(7-14(19)20)9-16-13(18)8-11(2)17-15(21)12-5-3-4-6-12/h10-12H,3-9H2,1-2H3,(H,16,18)(H,17,21)(H,19,20). The number of rotatable bonds is 8. The summed E-state index contributed by atoms with van der Waals surface area (Å²) in [6.07, 6.45) is 4.35. The topological polar surface area (TPSA) is 95.5 Å². The minimum atomic E-state index is -0.867. The monoisotopic (exact) mass is 298 g/mol. The van der Waals surface area contributed by atoms with Crippen molar-refractivity contribution in [2.45, 2.75) is 58.4 Å². The van der Waals surface area contributed by atoms with E-state index in [9.17, 15) is 14.4 Å². The van der Waals surface area contributed by atoms with Gasteiger partial charge in [-0.2, -0.15) is 0 Å². The molecule has 120 valence electrons. The molecule has 3 N–H and O–H groups in total. The number of aliphatic carboxylic acids is 1. The van der Waals surface area contributed by atoms with Gasteiger partial charge in [0.1, 0.15) is 0 Å². The van der Waals surface area contributed by atoms with E-state index < -0.39 is 5.97 Å². The van der Waals surface area contributed by atoms with Gasteiger partial charge < -0.3 is 15.7 Å². The molecule has 2 unspecified atom stereocenters. The van der Waals surface area contributed by atoms with Crippen molar-refractivity contribution in [3.63, 3.8) is 0 Å². The van der Waals surface area contributed by atoms with E-state index in [0.29, 0.717) is 6.54 Å². The van der Waals surface area contributed by atoms with E-state index in [1.54, 1.807) is 6.92 Å². The zero-order valence-corrected chi connectivity index (χ0v) is 12.9. The summed E-state index contributed by atoms with van der Waals surface area (Å²) in [5.74, 6) is -0.978. The molecule has 0 bridgehead atoms. The van der Waals surface area contributed by atoms with Crippen LogP contribution in [0.4, 0.5) is 0 Å². The van der Waals surface area contributed by atoms with E-state index >= 15 is 0 Å². The Morgan fingerprint density at radius 3 is 2.33 bits per heavy atom. The van der Waals surface area contributed by atoms with Crippen LogP contribution in [0.2, 0.25) is 0 Å². The molecule has 2 atom stereocenters. The average Bonchev–Trinajstić information content (AvgIpc) is 2.89. The number of amides is 2. The van der Waals surface area contributed by atoms with Gasteiger partial charge in [-0.05, 0) is 25.7 Å². The zero-order valence-electron chi connectivity index (χ0n) is 12.9. The summed E-state index contributed by atoms with van der Waals surface area (Å²) in [6.45, 7) is 3.93. The molecule has 0 spiro atoms. The molecule has 0 heterocycles. The van der Waals surface area contributed by atoms with E-state index in [0.717, 1.165) is 25.7 Å². The normalized spacial score (nSPS) is 18.0. The highest BCUT2D eigenvalue weighted by Crippen LogP contribution is 2.24. The maximum Gasteiger partial charge on any atom is 0.303 e. The second-order valence-electron chi connectivity index (χ2n) is 6.10. The summed E-state index contributed by atoms with van der Waals surface area (Å²) >= 11 is 0. The van der Waals surface area contributed by atoms with Crippen LogP contribution in [0.5, 0.6) is 0 Å². The Labute approximate surface area is 125 Å². The summed E-state index contributed by atoms with van der Waals surface area (Å²) in [5.41, 5.74) is 0. The molecular weight excluding hydrogens is 272 g/mol. The van der Waals surface area contributed by atoms with Crippen molar-refractivity contribution in [2.75, 3.05) is 6.54 Å². The molecule has 0 aromatic carbocycles. The maximum absolute atomic E-state index is 11.9. The van der Waals surface area contributed by atoms with Gasteiger partial charge in [-0.25, -0.2) is 0 Å². The largest absolute Gasteiger partial charge is 0.481 e. The van der Waals surface area contributed by atoms with Crippen LogP contribution in [0, 0.1) is 11.8 Å². The average molecular weight is 298 g/mol. The minimum Gasteiger partial charge on any atom is -0.481 e. The number of carboxylic acid groups (broad SMARTS) is 1. The summed E-state index contributed by atoms with van der Waals surface area (Å²) in [5, 5.41) is 14.2. The summed E-state index contributed by atoms with van der Waals surface area (Å²) < 4.78 is 0. The van der Waals surface area contributed by atoms with Gasteiger partial charge in [-0.1, -0.05) is 19.8 Å². The fourth-order valence-corrected chi connectivity index (χ4v) is 2.61. The fraction of sp³-hybridized carbons (Fsp3) is 0.800. The number of hydrogen-bond acceptors (Lipinski definition) is 3. The first-order valence-electron chi connectivity index (χ1n) is 7.67. The predicted molar refractivity (Wildman–Crippen MR) is 78.6 cm³/mol. The highest BCUT2D eigenvalue weighted by molar-refractivity contribution is 5.81. The molecule has 0 aromatic rings. The summed E-state index contributed by atoms with van der Waals surface area (Å²) in [4.78, 5) is 34.2. The molecular formula is C15H26N2O4. The number of hydrogen-bond donors (Lipinski definition) is 3. The first kappa shape index (κ1) is 17.5. The van der Waals surface area contributed by atoms with Crippen molar-refractivity contribution >= 4 is 17.8 Å². The van der Waals surface area contributed by atoms with Gasteiger partial charge in [-0.3, -0.25) is 14.4 Å². The first-order chi connectivity index (χ1) is 9.88. The van der Waals surface area contributed by atoms with Gasteiger partial charge in [0.2, 0.25) is 11.8 Å². The van der Waals surface area contributed by atoms with Crippen molar-refractivity contribution in [3.05, 3.63) is 0 Å². The quantitative estimate of drug-likeness (QED) is 0.629. The highest BCUT2D eigenvalue weighted by Gasteiger charge is 2.24. The Morgan fingerprint density at radius 1 is 1.14 bits per heavy atom. The Bertz CT molecular complexity index is 378. The summed E-state index contributed by atoms with van der Waals surface area (Å²) in [7, 11) is 0. The van der Waals surface area contributed by atoms with E-state index in [-0.39, 0.29) is 42.5 Å². The fourth-order valence-electron chi connectivity index (χ4n) is 2.61. The molecule has 1 rings (SSSR count). The van der Waals surface area contributed by atoms with Gasteiger partial charge in [0.15, 0.2) is 0 Å². The molecule has 0 radical (unpaired) electrons. The van der Waals surface area contributed by atoms with Crippen LogP contribution >= 0.6 is 0 Å². The Kier molecular flexibility index (Phi) is 7.19. The van der Waals surface area contributed by atoms with Crippen molar-refractivity contribution in [2.24, 2.45) is 11.8 Å². The second kappa shape index (κ2) is 8.64. The smallest absolute Gasteiger partial charge is 0.303 e. The third kappa shape index (κ3) is 7.11. The molecule has 6 nitrogen and oxygen atoms in total. The van der Waals surface area contributed by atoms with E-state index in [4.69, 9.17) is 5.11 Å². The highest BCUT2D eigenvalue weighted by atomic mass is 16.4. The number of nitrogens with one attached hydrogen (secondary N) is 2. The molecule has 2 amide bonds. The first-order valence-corrected chi connectivity index (χ1v) is 7.67. The van der Waals surface area contributed by atoms with Crippen LogP contribution in [-0.2, 0) is 14.4 Å². The van der Waals surface area contributed by atoms with Crippen LogP contribution in [0.3, 0.4) is 0 Å². The molecule has 1 saturated carbocycles. The number of carbonyl (C=O) groups excluding carboxylic acids is 2. The molecule has 1 aliphatic rings. The van der Waals surface area contributed by atoms with Crippen LogP contribution in [0.25, 0.3) is 0 Å². The van der Waals surface area contributed by atoms with Crippen molar-refractivity contribution in [1.82, 2.24) is 10.6 Å². The Hall–Kier alpha value is -1.59. The molecule has 1 fully saturated rings. The lowest BCUT2D eigenvalue weighted by molar-refractivity contribution is -0.138. The van der Waals surface area contributed by atoms with E-state index in [1.165, 1.54) is 0 Å². The van der Waals surface area contributed by atoms with Gasteiger partial charge in [0.25, 0.3) is 0 Å². The lowest BCUT2D eigenvalue weighted by Gasteiger charge is -2.17. The lowest BCUT2D eigenvalue weighted by Crippen LogP contribution is -2.40. The molecule has 0 aromatic heterocycles. The Balaban J connectivity index is 2.20. The maximum atomic E-state index is 11.9. The van der Waals surface area contributed by atoms with Crippen LogP contribution in [0.15, 0.2) is 0 Å². The van der Waals surface area contributed by atoms with Gasteiger partial charge >= 0.3 is 5.97 Å². The lowest BCUT2D eigenvalue weighted by atomic mass is 10.1.